The van der Waals surface area contributed by atoms with Gasteiger partial charge in [0.05, 0.1) is 19.8 Å². The third-order valence-corrected chi connectivity index (χ3v) is 6.38. The molecular weight excluding hydrogens is 516 g/mol. The average Bonchev–Trinajstić information content (AvgIpc) is 3.01. The first kappa shape index (κ1) is 29.3. The van der Waals surface area contributed by atoms with Gasteiger partial charge < -0.3 is 19.3 Å². The van der Waals surface area contributed by atoms with E-state index in [9.17, 15) is 9.59 Å². The highest BCUT2D eigenvalue weighted by molar-refractivity contribution is 6.09. The van der Waals surface area contributed by atoms with Crippen LogP contribution in [-0.2, 0) is 9.53 Å². The molecule has 0 atom stereocenters. The Hall–Kier alpha value is -4.68. The van der Waals surface area contributed by atoms with Crippen LogP contribution < -0.4 is 9.47 Å². The van der Waals surface area contributed by atoms with E-state index in [0.29, 0.717) is 42.8 Å². The van der Waals surface area contributed by atoms with Gasteiger partial charge in [0.1, 0.15) is 11.5 Å². The Morgan fingerprint density at radius 1 is 0.610 bits per heavy atom. The summed E-state index contributed by atoms with van der Waals surface area (Å²) in [6.45, 7) is 6.49. The van der Waals surface area contributed by atoms with Gasteiger partial charge in [0.15, 0.2) is 5.78 Å². The SMILES string of the molecule is C=C(C)C(=O)OCCCOc1ccc(-c2ccc(C(=O)c3ccc(-c4ccc(OCCCO)cc4)cc3)cc2)cc1. The number of hydrogen-bond donors (Lipinski definition) is 1. The summed E-state index contributed by atoms with van der Waals surface area (Å²) < 4.78 is 16.4. The highest BCUT2D eigenvalue weighted by Gasteiger charge is 2.10. The predicted molar refractivity (Wildman–Crippen MR) is 160 cm³/mol. The van der Waals surface area contributed by atoms with Crippen molar-refractivity contribution in [3.8, 4) is 33.8 Å². The summed E-state index contributed by atoms with van der Waals surface area (Å²) >= 11 is 0. The number of hydrogen-bond acceptors (Lipinski definition) is 6. The summed E-state index contributed by atoms with van der Waals surface area (Å²) in [6, 6.07) is 30.7. The van der Waals surface area contributed by atoms with Crippen LogP contribution >= 0.6 is 0 Å². The number of ether oxygens (including phenoxy) is 3. The Labute approximate surface area is 240 Å². The maximum atomic E-state index is 13.1. The number of benzene rings is 4. The quantitative estimate of drug-likeness (QED) is 0.0796. The third-order valence-electron chi connectivity index (χ3n) is 6.38. The van der Waals surface area contributed by atoms with Crippen molar-refractivity contribution in [2.75, 3.05) is 26.4 Å². The number of carbonyl (C=O) groups is 2. The van der Waals surface area contributed by atoms with E-state index >= 15 is 0 Å². The zero-order valence-electron chi connectivity index (χ0n) is 23.2. The van der Waals surface area contributed by atoms with Crippen molar-refractivity contribution in [3.63, 3.8) is 0 Å². The number of ketones is 1. The molecule has 0 aromatic heterocycles. The second kappa shape index (κ2) is 14.6. The van der Waals surface area contributed by atoms with Crippen LogP contribution in [0, 0.1) is 0 Å². The van der Waals surface area contributed by atoms with Crippen LogP contribution in [0.5, 0.6) is 11.5 Å². The summed E-state index contributed by atoms with van der Waals surface area (Å²) in [5.41, 5.74) is 5.69. The molecule has 41 heavy (non-hydrogen) atoms. The maximum Gasteiger partial charge on any atom is 0.333 e. The van der Waals surface area contributed by atoms with Crippen molar-refractivity contribution in [3.05, 3.63) is 120 Å². The fourth-order valence-corrected chi connectivity index (χ4v) is 4.07. The highest BCUT2D eigenvalue weighted by atomic mass is 16.5. The molecule has 0 saturated carbocycles. The molecule has 0 unspecified atom stereocenters. The zero-order chi connectivity index (χ0) is 29.0. The van der Waals surface area contributed by atoms with Crippen LogP contribution in [0.3, 0.4) is 0 Å². The number of esters is 1. The molecule has 4 aromatic rings. The molecule has 210 valence electrons. The van der Waals surface area contributed by atoms with Crippen LogP contribution in [-0.4, -0.2) is 43.3 Å². The first-order valence-corrected chi connectivity index (χ1v) is 13.6. The van der Waals surface area contributed by atoms with Crippen LogP contribution in [0.15, 0.2) is 109 Å². The van der Waals surface area contributed by atoms with Crippen molar-refractivity contribution >= 4 is 11.8 Å². The van der Waals surface area contributed by atoms with Gasteiger partial charge in [-0.3, -0.25) is 4.79 Å². The lowest BCUT2D eigenvalue weighted by atomic mass is 9.97. The van der Waals surface area contributed by atoms with Gasteiger partial charge in [-0.05, 0) is 53.4 Å². The molecule has 0 bridgehead atoms. The Kier molecular flexibility index (Phi) is 10.5. The van der Waals surface area contributed by atoms with Gasteiger partial charge in [-0.2, -0.15) is 0 Å². The van der Waals surface area contributed by atoms with Crippen LogP contribution in [0.2, 0.25) is 0 Å². The molecule has 0 spiro atoms. The first-order valence-electron chi connectivity index (χ1n) is 13.6. The molecule has 0 aliphatic rings. The molecule has 1 N–H and O–H groups in total. The van der Waals surface area contributed by atoms with Crippen molar-refractivity contribution < 1.29 is 28.9 Å². The molecule has 0 amide bonds. The van der Waals surface area contributed by atoms with Crippen LogP contribution in [0.25, 0.3) is 22.3 Å². The molecule has 0 radical (unpaired) electrons. The van der Waals surface area contributed by atoms with E-state index in [1.165, 1.54) is 0 Å². The molecule has 0 aliphatic carbocycles. The molecule has 0 fully saturated rings. The van der Waals surface area contributed by atoms with Gasteiger partial charge in [-0.25, -0.2) is 4.79 Å². The fraction of sp³-hybridized carbons (Fsp3) is 0.200. The Bertz CT molecular complexity index is 1440. The topological polar surface area (TPSA) is 82.1 Å². The van der Waals surface area contributed by atoms with Gasteiger partial charge >= 0.3 is 5.97 Å². The van der Waals surface area contributed by atoms with Crippen molar-refractivity contribution in [1.82, 2.24) is 0 Å². The summed E-state index contributed by atoms with van der Waals surface area (Å²) in [5, 5.41) is 8.87. The number of aliphatic hydroxyl groups is 1. The second-order valence-corrected chi connectivity index (χ2v) is 9.58. The fourth-order valence-electron chi connectivity index (χ4n) is 4.07. The lowest BCUT2D eigenvalue weighted by molar-refractivity contribution is -0.139. The molecule has 6 heteroatoms. The molecule has 6 nitrogen and oxygen atoms in total. The highest BCUT2D eigenvalue weighted by Crippen LogP contribution is 2.26. The van der Waals surface area contributed by atoms with Gasteiger partial charge in [0, 0.05) is 36.1 Å². The van der Waals surface area contributed by atoms with E-state index in [4.69, 9.17) is 19.3 Å². The largest absolute Gasteiger partial charge is 0.494 e. The molecule has 4 aromatic carbocycles. The minimum atomic E-state index is -0.389. The van der Waals surface area contributed by atoms with E-state index < -0.39 is 0 Å². The lowest BCUT2D eigenvalue weighted by Crippen LogP contribution is -2.09. The third kappa shape index (κ3) is 8.40. The van der Waals surface area contributed by atoms with Gasteiger partial charge in [-0.1, -0.05) is 79.4 Å². The number of aliphatic hydroxyl groups excluding tert-OH is 1. The van der Waals surface area contributed by atoms with Crippen LogP contribution in [0.1, 0.15) is 35.7 Å². The molecular formula is C35H34O6. The van der Waals surface area contributed by atoms with Crippen molar-refractivity contribution in [2.45, 2.75) is 19.8 Å². The smallest absolute Gasteiger partial charge is 0.333 e. The minimum Gasteiger partial charge on any atom is -0.494 e. The normalized spacial score (nSPS) is 10.6. The maximum absolute atomic E-state index is 13.1. The lowest BCUT2D eigenvalue weighted by Gasteiger charge is -2.09. The standard InChI is InChI=1S/C35H34O6/c1-25(2)35(38)41-24-4-23-40-33-19-15-29(16-20-33)27-7-11-31(12-8-27)34(37)30-9-5-26(6-10-30)28-13-17-32(18-14-28)39-22-3-21-36/h5-20,36H,1,3-4,21-24H2,2H3. The van der Waals surface area contributed by atoms with E-state index in [-0.39, 0.29) is 25.0 Å². The van der Waals surface area contributed by atoms with Crippen LogP contribution in [0.4, 0.5) is 0 Å². The van der Waals surface area contributed by atoms with Gasteiger partial charge in [0.2, 0.25) is 0 Å². The second-order valence-electron chi connectivity index (χ2n) is 9.58. The van der Waals surface area contributed by atoms with E-state index in [1.54, 1.807) is 6.92 Å². The van der Waals surface area contributed by atoms with E-state index in [2.05, 4.69) is 6.58 Å². The number of rotatable bonds is 14. The Balaban J connectivity index is 1.30. The minimum absolute atomic E-state index is 0.0339. The summed E-state index contributed by atoms with van der Waals surface area (Å²) in [7, 11) is 0. The first-order chi connectivity index (χ1) is 19.9. The van der Waals surface area contributed by atoms with Crippen molar-refractivity contribution in [1.29, 1.82) is 0 Å². The van der Waals surface area contributed by atoms with Gasteiger partial charge in [-0.15, -0.1) is 0 Å². The Morgan fingerprint density at radius 3 is 1.39 bits per heavy atom. The molecule has 0 saturated heterocycles. The summed E-state index contributed by atoms with van der Waals surface area (Å²) in [6.07, 6.45) is 1.19. The summed E-state index contributed by atoms with van der Waals surface area (Å²) in [4.78, 5) is 24.5. The summed E-state index contributed by atoms with van der Waals surface area (Å²) in [5.74, 6) is 1.07. The zero-order valence-corrected chi connectivity index (χ0v) is 23.2. The molecule has 0 heterocycles. The Morgan fingerprint density at radius 2 is 1.00 bits per heavy atom. The van der Waals surface area contributed by atoms with Gasteiger partial charge in [0.25, 0.3) is 0 Å². The number of carbonyl (C=O) groups excluding carboxylic acids is 2. The van der Waals surface area contributed by atoms with E-state index in [1.807, 2.05) is 97.1 Å². The van der Waals surface area contributed by atoms with E-state index in [0.717, 1.165) is 33.8 Å². The predicted octanol–water partition coefficient (Wildman–Crippen LogP) is 6.90. The average molecular weight is 551 g/mol. The molecule has 4 rings (SSSR count). The monoisotopic (exact) mass is 550 g/mol. The van der Waals surface area contributed by atoms with Crippen molar-refractivity contribution in [2.24, 2.45) is 0 Å². The molecule has 0 aliphatic heterocycles.